The summed E-state index contributed by atoms with van der Waals surface area (Å²) < 4.78 is 22.2. The van der Waals surface area contributed by atoms with Crippen molar-refractivity contribution in [2.24, 2.45) is 0 Å². The molecular formula is C15H24O4. The summed E-state index contributed by atoms with van der Waals surface area (Å²) in [5, 5.41) is 0. The topological polar surface area (TPSA) is 36.9 Å². The predicted octanol–water partition coefficient (Wildman–Crippen LogP) is 3.04. The van der Waals surface area contributed by atoms with E-state index in [9.17, 15) is 0 Å². The van der Waals surface area contributed by atoms with E-state index in [2.05, 4.69) is 0 Å². The maximum absolute atomic E-state index is 5.65. The summed E-state index contributed by atoms with van der Waals surface area (Å²) in [6.07, 6.45) is 0.339. The molecule has 1 aromatic rings. The van der Waals surface area contributed by atoms with Crippen molar-refractivity contribution >= 4 is 0 Å². The second-order valence-corrected chi connectivity index (χ2v) is 3.91. The summed E-state index contributed by atoms with van der Waals surface area (Å²) in [6.45, 7) is 7.73. The van der Waals surface area contributed by atoms with Crippen LogP contribution in [0.4, 0.5) is 0 Å². The Morgan fingerprint density at radius 2 is 1.58 bits per heavy atom. The molecule has 0 atom stereocenters. The van der Waals surface area contributed by atoms with Gasteiger partial charge in [0, 0.05) is 25.2 Å². The molecule has 0 spiro atoms. The summed E-state index contributed by atoms with van der Waals surface area (Å²) in [6, 6.07) is 5.78. The van der Waals surface area contributed by atoms with Crippen molar-refractivity contribution in [2.45, 2.75) is 33.5 Å². The monoisotopic (exact) mass is 268 g/mol. The second-order valence-electron chi connectivity index (χ2n) is 3.91. The van der Waals surface area contributed by atoms with E-state index in [1.807, 2.05) is 39.0 Å². The maximum atomic E-state index is 5.65. The van der Waals surface area contributed by atoms with Gasteiger partial charge in [-0.05, 0) is 32.9 Å². The lowest BCUT2D eigenvalue weighted by Gasteiger charge is -2.20. The van der Waals surface area contributed by atoms with Crippen LogP contribution in [0.2, 0.25) is 0 Å². The first-order valence-corrected chi connectivity index (χ1v) is 6.78. The van der Waals surface area contributed by atoms with Gasteiger partial charge < -0.3 is 18.9 Å². The van der Waals surface area contributed by atoms with E-state index >= 15 is 0 Å². The van der Waals surface area contributed by atoms with E-state index < -0.39 is 0 Å². The fourth-order valence-corrected chi connectivity index (χ4v) is 1.93. The first-order chi connectivity index (χ1) is 9.26. The minimum absolute atomic E-state index is 0.273. The van der Waals surface area contributed by atoms with Crippen molar-refractivity contribution in [2.75, 3.05) is 26.9 Å². The van der Waals surface area contributed by atoms with Gasteiger partial charge in [0.1, 0.15) is 11.5 Å². The summed E-state index contributed by atoms with van der Waals surface area (Å²) in [5.41, 5.74) is 0.985. The first-order valence-electron chi connectivity index (χ1n) is 6.78. The van der Waals surface area contributed by atoms with E-state index in [-0.39, 0.29) is 6.29 Å². The van der Waals surface area contributed by atoms with Gasteiger partial charge in [-0.3, -0.25) is 0 Å². The van der Waals surface area contributed by atoms with Gasteiger partial charge in [-0.25, -0.2) is 0 Å². The van der Waals surface area contributed by atoms with Crippen LogP contribution in [-0.2, 0) is 15.9 Å². The highest BCUT2D eigenvalue weighted by molar-refractivity contribution is 5.45. The molecule has 0 saturated heterocycles. The number of ether oxygens (including phenoxy) is 4. The lowest BCUT2D eigenvalue weighted by molar-refractivity contribution is -0.134. The molecule has 0 heterocycles. The zero-order chi connectivity index (χ0) is 14.1. The Kier molecular flexibility index (Phi) is 7.30. The van der Waals surface area contributed by atoms with Crippen LogP contribution in [0.15, 0.2) is 18.2 Å². The Morgan fingerprint density at radius 3 is 2.11 bits per heavy atom. The van der Waals surface area contributed by atoms with Crippen LogP contribution in [0.5, 0.6) is 11.5 Å². The highest BCUT2D eigenvalue weighted by Crippen LogP contribution is 2.30. The predicted molar refractivity (Wildman–Crippen MR) is 74.9 cm³/mol. The molecule has 0 aliphatic carbocycles. The molecule has 0 bridgehead atoms. The first kappa shape index (κ1) is 15.8. The molecule has 4 nitrogen and oxygen atoms in total. The van der Waals surface area contributed by atoms with E-state index in [0.29, 0.717) is 26.2 Å². The molecule has 0 N–H and O–H groups in total. The van der Waals surface area contributed by atoms with Crippen LogP contribution in [0.1, 0.15) is 26.3 Å². The Morgan fingerprint density at radius 1 is 0.947 bits per heavy atom. The highest BCUT2D eigenvalue weighted by atomic mass is 16.7. The lowest BCUT2D eigenvalue weighted by Crippen LogP contribution is -2.21. The number of hydrogen-bond acceptors (Lipinski definition) is 4. The highest BCUT2D eigenvalue weighted by Gasteiger charge is 2.17. The van der Waals surface area contributed by atoms with E-state index in [1.165, 1.54) is 0 Å². The van der Waals surface area contributed by atoms with Crippen LogP contribution in [0.25, 0.3) is 0 Å². The van der Waals surface area contributed by atoms with E-state index in [0.717, 1.165) is 17.1 Å². The summed E-state index contributed by atoms with van der Waals surface area (Å²) >= 11 is 0. The van der Waals surface area contributed by atoms with Gasteiger partial charge in [-0.2, -0.15) is 0 Å². The Labute approximate surface area is 115 Å². The van der Waals surface area contributed by atoms with Crippen LogP contribution < -0.4 is 9.47 Å². The molecule has 1 aromatic carbocycles. The maximum Gasteiger partial charge on any atom is 0.161 e. The Balaban J connectivity index is 2.94. The van der Waals surface area contributed by atoms with Gasteiger partial charge in [0.2, 0.25) is 0 Å². The Hall–Kier alpha value is -1.26. The molecule has 4 heteroatoms. The zero-order valence-electron chi connectivity index (χ0n) is 12.3. The summed E-state index contributed by atoms with van der Waals surface area (Å²) in [4.78, 5) is 0. The molecule has 0 amide bonds. The second kappa shape index (κ2) is 8.77. The van der Waals surface area contributed by atoms with E-state index in [1.54, 1.807) is 7.11 Å². The van der Waals surface area contributed by atoms with Gasteiger partial charge in [0.15, 0.2) is 6.29 Å². The molecule has 1 rings (SSSR count). The third-order valence-electron chi connectivity index (χ3n) is 2.69. The lowest BCUT2D eigenvalue weighted by atomic mass is 10.1. The van der Waals surface area contributed by atoms with Gasteiger partial charge >= 0.3 is 0 Å². The molecule has 0 radical (unpaired) electrons. The molecular weight excluding hydrogens is 244 g/mol. The minimum Gasteiger partial charge on any atom is -0.496 e. The van der Waals surface area contributed by atoms with Gasteiger partial charge in [0.25, 0.3) is 0 Å². The van der Waals surface area contributed by atoms with Crippen molar-refractivity contribution in [1.82, 2.24) is 0 Å². The average Bonchev–Trinajstić information content (AvgIpc) is 2.41. The zero-order valence-corrected chi connectivity index (χ0v) is 12.3. The molecule has 0 aliphatic rings. The smallest absolute Gasteiger partial charge is 0.161 e. The fraction of sp³-hybridized carbons (Fsp3) is 0.600. The average molecular weight is 268 g/mol. The number of hydrogen-bond donors (Lipinski definition) is 0. The van der Waals surface area contributed by atoms with Crippen LogP contribution in [0.3, 0.4) is 0 Å². The van der Waals surface area contributed by atoms with Crippen molar-refractivity contribution in [3.8, 4) is 11.5 Å². The van der Waals surface area contributed by atoms with Crippen LogP contribution in [0, 0.1) is 0 Å². The SMILES string of the molecule is CCOc1cccc(OC)c1CC(OCC)OCC. The van der Waals surface area contributed by atoms with Crippen molar-refractivity contribution < 1.29 is 18.9 Å². The quantitative estimate of drug-likeness (QED) is 0.645. The number of benzene rings is 1. The van der Waals surface area contributed by atoms with Crippen molar-refractivity contribution in [3.63, 3.8) is 0 Å². The standard InChI is InChI=1S/C15H24O4/c1-5-17-14-10-8-9-13(16-4)12(14)11-15(18-6-2)19-7-3/h8-10,15H,5-7,11H2,1-4H3. The molecule has 19 heavy (non-hydrogen) atoms. The number of rotatable bonds is 9. The molecule has 108 valence electrons. The fourth-order valence-electron chi connectivity index (χ4n) is 1.93. The largest absolute Gasteiger partial charge is 0.496 e. The van der Waals surface area contributed by atoms with Crippen molar-refractivity contribution in [3.05, 3.63) is 23.8 Å². The van der Waals surface area contributed by atoms with Gasteiger partial charge in [-0.1, -0.05) is 6.07 Å². The minimum atomic E-state index is -0.273. The summed E-state index contributed by atoms with van der Waals surface area (Å²) in [7, 11) is 1.66. The van der Waals surface area contributed by atoms with Crippen LogP contribution >= 0.6 is 0 Å². The molecule has 0 fully saturated rings. The van der Waals surface area contributed by atoms with E-state index in [4.69, 9.17) is 18.9 Å². The molecule has 0 aliphatic heterocycles. The normalized spacial score (nSPS) is 10.8. The van der Waals surface area contributed by atoms with Gasteiger partial charge in [0.05, 0.1) is 13.7 Å². The molecule has 0 unspecified atom stereocenters. The van der Waals surface area contributed by atoms with Gasteiger partial charge in [-0.15, -0.1) is 0 Å². The summed E-state index contributed by atoms with van der Waals surface area (Å²) in [5.74, 6) is 1.63. The Bertz CT molecular complexity index is 359. The van der Waals surface area contributed by atoms with Crippen LogP contribution in [-0.4, -0.2) is 33.2 Å². The number of methoxy groups -OCH3 is 1. The third kappa shape index (κ3) is 4.73. The van der Waals surface area contributed by atoms with Crippen molar-refractivity contribution in [1.29, 1.82) is 0 Å². The molecule has 0 aromatic heterocycles. The third-order valence-corrected chi connectivity index (χ3v) is 2.69. The molecule has 0 saturated carbocycles.